The van der Waals surface area contributed by atoms with E-state index in [0.29, 0.717) is 11.1 Å². The summed E-state index contributed by atoms with van der Waals surface area (Å²) in [6.45, 7) is 3.87. The summed E-state index contributed by atoms with van der Waals surface area (Å²) in [7, 11) is 0. The highest BCUT2D eigenvalue weighted by molar-refractivity contribution is 5.90. The minimum atomic E-state index is -1.08. The lowest BCUT2D eigenvalue weighted by atomic mass is 9.88. The predicted molar refractivity (Wildman–Crippen MR) is 66.0 cm³/mol. The van der Waals surface area contributed by atoms with E-state index >= 15 is 0 Å². The second kappa shape index (κ2) is 6.28. The first-order valence-corrected chi connectivity index (χ1v) is 5.89. The molecule has 1 N–H and O–H groups in total. The molecule has 0 aliphatic carbocycles. The number of halogens is 2. The van der Waals surface area contributed by atoms with E-state index in [1.165, 1.54) is 6.07 Å². The van der Waals surface area contributed by atoms with Gasteiger partial charge in [-0.25, -0.2) is 13.6 Å². The average Bonchev–Trinajstić information content (AvgIpc) is 2.32. The van der Waals surface area contributed by atoms with Crippen LogP contribution in [-0.2, 0) is 4.79 Å². The van der Waals surface area contributed by atoms with E-state index in [2.05, 4.69) is 0 Å². The molecule has 18 heavy (non-hydrogen) atoms. The fourth-order valence-corrected chi connectivity index (χ4v) is 1.97. The number of rotatable bonds is 5. The number of benzene rings is 1. The van der Waals surface area contributed by atoms with Crippen molar-refractivity contribution in [1.29, 1.82) is 0 Å². The molecule has 0 atom stereocenters. The summed E-state index contributed by atoms with van der Waals surface area (Å²) in [4.78, 5) is 10.8. The van der Waals surface area contributed by atoms with Crippen molar-refractivity contribution in [3.8, 4) is 0 Å². The van der Waals surface area contributed by atoms with Crippen LogP contribution in [0.1, 0.15) is 32.3 Å². The van der Waals surface area contributed by atoms with Crippen molar-refractivity contribution in [2.75, 3.05) is 0 Å². The van der Waals surface area contributed by atoms with Crippen molar-refractivity contribution in [3.63, 3.8) is 0 Å². The normalized spacial score (nSPS) is 11.9. The monoisotopic (exact) mass is 254 g/mol. The molecule has 1 aromatic carbocycles. The van der Waals surface area contributed by atoms with Crippen LogP contribution in [0.15, 0.2) is 24.3 Å². The van der Waals surface area contributed by atoms with Gasteiger partial charge in [0.2, 0.25) is 0 Å². The minimum Gasteiger partial charge on any atom is -0.478 e. The molecule has 1 rings (SSSR count). The molecule has 0 aliphatic heterocycles. The second-order valence-corrected chi connectivity index (χ2v) is 4.08. The standard InChI is InChI=1S/C14H16F2O2/c1-3-9(4-2)11(8-14(17)18)10-5-6-12(15)13(16)7-10/h5-9H,3-4H2,1-2H3,(H,17,18)/b11-8+. The Labute approximate surface area is 105 Å². The van der Waals surface area contributed by atoms with Crippen LogP contribution in [0.2, 0.25) is 0 Å². The topological polar surface area (TPSA) is 37.3 Å². The van der Waals surface area contributed by atoms with E-state index in [1.54, 1.807) is 0 Å². The molecular formula is C14H16F2O2. The first kappa shape index (κ1) is 14.4. The quantitative estimate of drug-likeness (QED) is 0.810. The van der Waals surface area contributed by atoms with Crippen molar-refractivity contribution in [3.05, 3.63) is 41.5 Å². The lowest BCUT2D eigenvalue weighted by molar-refractivity contribution is -0.131. The van der Waals surface area contributed by atoms with E-state index in [9.17, 15) is 13.6 Å². The molecule has 0 aromatic heterocycles. The second-order valence-electron chi connectivity index (χ2n) is 4.08. The lowest BCUT2D eigenvalue weighted by Crippen LogP contribution is -2.04. The van der Waals surface area contributed by atoms with Gasteiger partial charge in [-0.1, -0.05) is 19.9 Å². The first-order chi connectivity index (χ1) is 8.49. The smallest absolute Gasteiger partial charge is 0.328 e. The SMILES string of the molecule is CCC(CC)/C(=C\C(=O)O)c1ccc(F)c(F)c1. The van der Waals surface area contributed by atoms with Gasteiger partial charge in [0.15, 0.2) is 11.6 Å². The summed E-state index contributed by atoms with van der Waals surface area (Å²) in [5, 5.41) is 8.86. The Morgan fingerprint density at radius 2 is 1.89 bits per heavy atom. The number of carboxylic acid groups (broad SMARTS) is 1. The largest absolute Gasteiger partial charge is 0.478 e. The summed E-state index contributed by atoms with van der Waals surface area (Å²) in [5.41, 5.74) is 0.955. The molecule has 0 radical (unpaired) electrons. The highest BCUT2D eigenvalue weighted by atomic mass is 19.2. The van der Waals surface area contributed by atoms with Gasteiger partial charge in [0.1, 0.15) is 0 Å². The zero-order valence-corrected chi connectivity index (χ0v) is 10.4. The highest BCUT2D eigenvalue weighted by Gasteiger charge is 2.15. The van der Waals surface area contributed by atoms with Crippen molar-refractivity contribution < 1.29 is 18.7 Å². The van der Waals surface area contributed by atoms with Crippen molar-refractivity contribution >= 4 is 11.5 Å². The molecule has 0 saturated heterocycles. The van der Waals surface area contributed by atoms with Crippen LogP contribution in [0.4, 0.5) is 8.78 Å². The number of carbonyl (C=O) groups is 1. The molecule has 0 amide bonds. The Morgan fingerprint density at radius 3 is 2.33 bits per heavy atom. The fraction of sp³-hybridized carbons (Fsp3) is 0.357. The fourth-order valence-electron chi connectivity index (χ4n) is 1.97. The van der Waals surface area contributed by atoms with Gasteiger partial charge in [0.05, 0.1) is 0 Å². The van der Waals surface area contributed by atoms with Crippen LogP contribution in [0.25, 0.3) is 5.57 Å². The Hall–Kier alpha value is -1.71. The van der Waals surface area contributed by atoms with E-state index in [0.717, 1.165) is 31.1 Å². The molecular weight excluding hydrogens is 238 g/mol. The molecule has 0 bridgehead atoms. The maximum Gasteiger partial charge on any atom is 0.328 e. The van der Waals surface area contributed by atoms with Crippen LogP contribution in [0.3, 0.4) is 0 Å². The van der Waals surface area contributed by atoms with Gasteiger partial charge in [0, 0.05) is 6.08 Å². The molecule has 0 aliphatic rings. The van der Waals surface area contributed by atoms with E-state index < -0.39 is 17.6 Å². The van der Waals surface area contributed by atoms with Crippen LogP contribution in [0.5, 0.6) is 0 Å². The summed E-state index contributed by atoms with van der Waals surface area (Å²) < 4.78 is 26.1. The van der Waals surface area contributed by atoms with Gasteiger partial charge in [-0.15, -0.1) is 0 Å². The van der Waals surface area contributed by atoms with Gasteiger partial charge >= 0.3 is 5.97 Å². The molecule has 2 nitrogen and oxygen atoms in total. The van der Waals surface area contributed by atoms with Crippen molar-refractivity contribution in [1.82, 2.24) is 0 Å². The summed E-state index contributed by atoms with van der Waals surface area (Å²) in [6, 6.07) is 3.47. The van der Waals surface area contributed by atoms with Gasteiger partial charge in [0.25, 0.3) is 0 Å². The third-order valence-corrected chi connectivity index (χ3v) is 2.96. The number of hydrogen-bond donors (Lipinski definition) is 1. The van der Waals surface area contributed by atoms with Crippen LogP contribution < -0.4 is 0 Å². The molecule has 0 fully saturated rings. The van der Waals surface area contributed by atoms with Crippen LogP contribution in [0, 0.1) is 17.6 Å². The third kappa shape index (κ3) is 3.39. The zero-order valence-electron chi connectivity index (χ0n) is 10.4. The molecule has 0 spiro atoms. The molecule has 4 heteroatoms. The maximum absolute atomic E-state index is 13.2. The lowest BCUT2D eigenvalue weighted by Gasteiger charge is -2.17. The molecule has 98 valence electrons. The van der Waals surface area contributed by atoms with Crippen molar-refractivity contribution in [2.45, 2.75) is 26.7 Å². The van der Waals surface area contributed by atoms with Gasteiger partial charge < -0.3 is 5.11 Å². The third-order valence-electron chi connectivity index (χ3n) is 2.96. The average molecular weight is 254 g/mol. The Kier molecular flexibility index (Phi) is 5.01. The maximum atomic E-state index is 13.2. The first-order valence-electron chi connectivity index (χ1n) is 5.89. The number of hydrogen-bond acceptors (Lipinski definition) is 1. The predicted octanol–water partition coefficient (Wildman–Crippen LogP) is 3.87. The summed E-state index contributed by atoms with van der Waals surface area (Å²) >= 11 is 0. The minimum absolute atomic E-state index is 0.0194. The number of aliphatic carboxylic acids is 1. The Morgan fingerprint density at radius 1 is 1.28 bits per heavy atom. The summed E-state index contributed by atoms with van der Waals surface area (Å²) in [5.74, 6) is -2.96. The van der Waals surface area contributed by atoms with E-state index in [1.807, 2.05) is 13.8 Å². The van der Waals surface area contributed by atoms with E-state index in [4.69, 9.17) is 5.11 Å². The van der Waals surface area contributed by atoms with Gasteiger partial charge in [-0.05, 0) is 42.0 Å². The molecule has 1 aromatic rings. The number of allylic oxidation sites excluding steroid dienone is 1. The van der Waals surface area contributed by atoms with Gasteiger partial charge in [-0.2, -0.15) is 0 Å². The Bertz CT molecular complexity index is 463. The molecule has 0 unspecified atom stereocenters. The molecule has 0 saturated carbocycles. The van der Waals surface area contributed by atoms with Crippen LogP contribution in [-0.4, -0.2) is 11.1 Å². The van der Waals surface area contributed by atoms with Crippen LogP contribution >= 0.6 is 0 Å². The highest BCUT2D eigenvalue weighted by Crippen LogP contribution is 2.29. The van der Waals surface area contributed by atoms with E-state index in [-0.39, 0.29) is 5.92 Å². The van der Waals surface area contributed by atoms with Gasteiger partial charge in [-0.3, -0.25) is 0 Å². The Balaban J connectivity index is 3.25. The number of carboxylic acids is 1. The molecule has 0 heterocycles. The zero-order chi connectivity index (χ0) is 13.7. The summed E-state index contributed by atoms with van der Waals surface area (Å²) in [6.07, 6.45) is 2.56. The van der Waals surface area contributed by atoms with Crippen molar-refractivity contribution in [2.24, 2.45) is 5.92 Å².